The molecule has 5 rings (SSSR count). The van der Waals surface area contributed by atoms with Crippen LogP contribution in [-0.2, 0) is 35.3 Å². The van der Waals surface area contributed by atoms with Gasteiger partial charge in [0.1, 0.15) is 18.5 Å². The number of benzene rings is 4. The number of rotatable bonds is 10. The van der Waals surface area contributed by atoms with Crippen molar-refractivity contribution in [1.29, 1.82) is 0 Å². The molecule has 0 saturated carbocycles. The Balaban J connectivity index is 1.48. The van der Waals surface area contributed by atoms with Crippen molar-refractivity contribution in [3.63, 3.8) is 0 Å². The normalized spacial score (nSPS) is 16.6. The maximum Gasteiger partial charge on any atom is 0.416 e. The molecule has 1 saturated heterocycles. The maximum atomic E-state index is 13.8. The van der Waals surface area contributed by atoms with Gasteiger partial charge in [-0.2, -0.15) is 13.2 Å². The lowest BCUT2D eigenvalue weighted by Gasteiger charge is -2.23. The van der Waals surface area contributed by atoms with Crippen molar-refractivity contribution in [3.8, 4) is 17.2 Å². The first-order valence-corrected chi connectivity index (χ1v) is 13.5. The van der Waals surface area contributed by atoms with Crippen LogP contribution in [0.4, 0.5) is 18.0 Å². The van der Waals surface area contributed by atoms with Gasteiger partial charge in [0, 0.05) is 5.56 Å². The van der Waals surface area contributed by atoms with E-state index in [4.69, 9.17) is 14.2 Å². The summed E-state index contributed by atoms with van der Waals surface area (Å²) in [4.78, 5) is 25.6. The molecule has 1 fully saturated rings. The van der Waals surface area contributed by atoms with Crippen LogP contribution in [0.3, 0.4) is 0 Å². The number of carbonyl (C=O) groups is 2. The summed E-state index contributed by atoms with van der Waals surface area (Å²) in [5, 5.41) is 9.30. The molecule has 0 aromatic heterocycles. The zero-order valence-corrected chi connectivity index (χ0v) is 23.1. The van der Waals surface area contributed by atoms with Gasteiger partial charge in [0.2, 0.25) is 0 Å². The monoisotopic (exact) mass is 591 g/mol. The number of carbonyl (C=O) groups excluding carboxylic acids is 1. The number of aliphatic carboxylic acids is 1. The van der Waals surface area contributed by atoms with Gasteiger partial charge >= 0.3 is 18.2 Å². The molecule has 222 valence electrons. The summed E-state index contributed by atoms with van der Waals surface area (Å²) >= 11 is 0. The number of amides is 1. The van der Waals surface area contributed by atoms with Gasteiger partial charge in [0.05, 0.1) is 24.6 Å². The standard InChI is InChI=1S/C33H28F3NO6/c1-21-31(24-10-6-3-7-11-24)43-32(40)37(21)19-25-18-26(33(34,35)36)13-15-27(25)42-29-16-23(17-30(38)39)12-14-28(29)41-20-22-8-4-2-5-9-22/h2-16,18,21,31H,17,19-20H2,1H3,(H,38,39)/t21-,31-/m0/s1. The summed E-state index contributed by atoms with van der Waals surface area (Å²) in [5.74, 6) is -0.626. The van der Waals surface area contributed by atoms with Gasteiger partial charge in [-0.3, -0.25) is 9.69 Å². The lowest BCUT2D eigenvalue weighted by atomic mass is 10.0. The van der Waals surface area contributed by atoms with Crippen molar-refractivity contribution in [2.45, 2.75) is 44.8 Å². The van der Waals surface area contributed by atoms with Crippen molar-refractivity contribution in [2.75, 3.05) is 0 Å². The Morgan fingerprint density at radius 1 is 0.884 bits per heavy atom. The largest absolute Gasteiger partial charge is 0.485 e. The zero-order chi connectivity index (χ0) is 30.6. The molecule has 4 aromatic carbocycles. The predicted octanol–water partition coefficient (Wildman–Crippen LogP) is 7.79. The second-order valence-electron chi connectivity index (χ2n) is 10.1. The van der Waals surface area contributed by atoms with E-state index >= 15 is 0 Å². The molecule has 0 radical (unpaired) electrons. The highest BCUT2D eigenvalue weighted by molar-refractivity contribution is 5.72. The number of hydrogen-bond donors (Lipinski definition) is 1. The van der Waals surface area contributed by atoms with Gasteiger partial charge in [-0.1, -0.05) is 66.7 Å². The second-order valence-corrected chi connectivity index (χ2v) is 10.1. The van der Waals surface area contributed by atoms with Crippen LogP contribution in [0.2, 0.25) is 0 Å². The fourth-order valence-corrected chi connectivity index (χ4v) is 4.85. The first kappa shape index (κ1) is 29.5. The van der Waals surface area contributed by atoms with E-state index in [1.54, 1.807) is 19.1 Å². The Hall–Kier alpha value is -4.99. The van der Waals surface area contributed by atoms with Crippen LogP contribution in [0.25, 0.3) is 0 Å². The first-order chi connectivity index (χ1) is 20.6. The van der Waals surface area contributed by atoms with Crippen LogP contribution >= 0.6 is 0 Å². The van der Waals surface area contributed by atoms with Crippen LogP contribution in [0.1, 0.15) is 40.8 Å². The fraction of sp³-hybridized carbons (Fsp3) is 0.212. The highest BCUT2D eigenvalue weighted by Crippen LogP contribution is 2.40. The summed E-state index contributed by atoms with van der Waals surface area (Å²) in [6, 6.07) is 25.6. The number of nitrogens with zero attached hydrogens (tertiary/aromatic N) is 1. The van der Waals surface area contributed by atoms with Crippen LogP contribution in [0.15, 0.2) is 97.1 Å². The van der Waals surface area contributed by atoms with E-state index < -0.39 is 35.9 Å². The Bertz CT molecular complexity index is 1590. The number of carboxylic acid groups (broad SMARTS) is 1. The molecule has 10 heteroatoms. The summed E-state index contributed by atoms with van der Waals surface area (Å²) in [7, 11) is 0. The summed E-state index contributed by atoms with van der Waals surface area (Å²) < 4.78 is 59.0. The molecule has 0 spiro atoms. The van der Waals surface area contributed by atoms with Crippen molar-refractivity contribution in [1.82, 2.24) is 4.90 Å². The number of carboxylic acids is 1. The summed E-state index contributed by atoms with van der Waals surface area (Å²) in [6.07, 6.45) is -6.20. The number of cyclic esters (lactones) is 1. The highest BCUT2D eigenvalue weighted by Gasteiger charge is 2.40. The smallest absolute Gasteiger partial charge is 0.416 e. The van der Waals surface area contributed by atoms with Gasteiger partial charge in [0.15, 0.2) is 11.5 Å². The fourth-order valence-electron chi connectivity index (χ4n) is 4.85. The lowest BCUT2D eigenvalue weighted by molar-refractivity contribution is -0.138. The number of hydrogen-bond acceptors (Lipinski definition) is 5. The van der Waals surface area contributed by atoms with E-state index in [-0.39, 0.29) is 42.4 Å². The lowest BCUT2D eigenvalue weighted by Crippen LogP contribution is -2.31. The summed E-state index contributed by atoms with van der Waals surface area (Å²) in [5.41, 5.74) is 1.22. The Kier molecular flexibility index (Phi) is 8.56. The van der Waals surface area contributed by atoms with Gasteiger partial charge < -0.3 is 19.3 Å². The average Bonchev–Trinajstić information content (AvgIpc) is 3.26. The van der Waals surface area contributed by atoms with Gasteiger partial charge in [-0.15, -0.1) is 0 Å². The molecule has 4 aromatic rings. The van der Waals surface area contributed by atoms with Crippen LogP contribution < -0.4 is 9.47 Å². The summed E-state index contributed by atoms with van der Waals surface area (Å²) in [6.45, 7) is 1.71. The van der Waals surface area contributed by atoms with Gasteiger partial charge in [0.25, 0.3) is 0 Å². The third-order valence-electron chi connectivity index (χ3n) is 7.07. The third-order valence-corrected chi connectivity index (χ3v) is 7.07. The molecule has 1 amide bonds. The van der Waals surface area contributed by atoms with Crippen molar-refractivity contribution in [3.05, 3.63) is 125 Å². The van der Waals surface area contributed by atoms with Crippen molar-refractivity contribution >= 4 is 12.1 Å². The van der Waals surface area contributed by atoms with E-state index in [0.717, 1.165) is 23.3 Å². The molecule has 43 heavy (non-hydrogen) atoms. The van der Waals surface area contributed by atoms with E-state index in [1.807, 2.05) is 60.7 Å². The Labute approximate surface area is 246 Å². The Morgan fingerprint density at radius 2 is 1.56 bits per heavy atom. The first-order valence-electron chi connectivity index (χ1n) is 13.5. The number of ether oxygens (including phenoxy) is 3. The molecule has 7 nitrogen and oxygen atoms in total. The van der Waals surface area contributed by atoms with E-state index in [9.17, 15) is 27.9 Å². The van der Waals surface area contributed by atoms with Crippen LogP contribution in [-0.4, -0.2) is 28.1 Å². The van der Waals surface area contributed by atoms with Crippen LogP contribution in [0, 0.1) is 0 Å². The molecule has 0 unspecified atom stereocenters. The molecule has 0 bridgehead atoms. The topological polar surface area (TPSA) is 85.3 Å². The predicted molar refractivity (Wildman–Crippen MR) is 151 cm³/mol. The zero-order valence-electron chi connectivity index (χ0n) is 23.1. The minimum atomic E-state index is -4.64. The minimum Gasteiger partial charge on any atom is -0.485 e. The quantitative estimate of drug-likeness (QED) is 0.203. The minimum absolute atomic E-state index is 0.0493. The Morgan fingerprint density at radius 3 is 2.23 bits per heavy atom. The molecule has 1 heterocycles. The van der Waals surface area contributed by atoms with Crippen LogP contribution in [0.5, 0.6) is 17.2 Å². The average molecular weight is 592 g/mol. The van der Waals surface area contributed by atoms with E-state index in [2.05, 4.69) is 0 Å². The maximum absolute atomic E-state index is 13.8. The molecular weight excluding hydrogens is 563 g/mol. The highest BCUT2D eigenvalue weighted by atomic mass is 19.4. The van der Waals surface area contributed by atoms with Crippen molar-refractivity contribution < 1.29 is 42.1 Å². The SMILES string of the molecule is C[C@H]1[C@@H](c2ccccc2)OC(=O)N1Cc1cc(C(F)(F)F)ccc1Oc1cc(CC(=O)O)ccc1OCc1ccccc1. The molecule has 1 aliphatic rings. The second kappa shape index (κ2) is 12.5. The molecule has 1 N–H and O–H groups in total. The van der Waals surface area contributed by atoms with Crippen molar-refractivity contribution in [2.24, 2.45) is 0 Å². The molecular formula is C33H28F3NO6. The third kappa shape index (κ3) is 7.09. The van der Waals surface area contributed by atoms with Gasteiger partial charge in [-0.25, -0.2) is 4.79 Å². The number of halogens is 3. The molecule has 1 aliphatic heterocycles. The van der Waals surface area contributed by atoms with E-state index in [1.165, 1.54) is 17.0 Å². The molecule has 0 aliphatic carbocycles. The molecule has 2 atom stereocenters. The van der Waals surface area contributed by atoms with Gasteiger partial charge in [-0.05, 0) is 53.9 Å². The van der Waals surface area contributed by atoms with E-state index in [0.29, 0.717) is 5.56 Å². The number of alkyl halides is 3.